The van der Waals surface area contributed by atoms with Crippen LogP contribution in [-0.4, -0.2) is 18.6 Å². The van der Waals surface area contributed by atoms with Crippen LogP contribution in [0.5, 0.6) is 11.5 Å². The maximum absolute atomic E-state index is 12.8. The van der Waals surface area contributed by atoms with Crippen molar-refractivity contribution in [2.45, 2.75) is 45.8 Å². The third kappa shape index (κ3) is 3.63. The van der Waals surface area contributed by atoms with Crippen molar-refractivity contribution in [3.05, 3.63) is 58.7 Å². The fourth-order valence-corrected chi connectivity index (χ4v) is 3.39. The topological polar surface area (TPSA) is 47.6 Å². The lowest BCUT2D eigenvalue weighted by molar-refractivity contribution is 0.0618. The molecule has 3 rings (SSSR count). The first-order chi connectivity index (χ1) is 11.8. The van der Waals surface area contributed by atoms with Crippen LogP contribution in [0.15, 0.2) is 36.4 Å². The number of amides is 1. The molecule has 4 heteroatoms. The van der Waals surface area contributed by atoms with Crippen molar-refractivity contribution in [3.8, 4) is 11.5 Å². The van der Waals surface area contributed by atoms with Gasteiger partial charge in [0, 0.05) is 17.5 Å². The molecule has 1 amide bonds. The maximum atomic E-state index is 12.8. The number of methoxy groups -OCH3 is 1. The van der Waals surface area contributed by atoms with Gasteiger partial charge in [0.25, 0.3) is 5.91 Å². The highest BCUT2D eigenvalue weighted by atomic mass is 16.5. The standard InChI is InChI=1S/C21H25NO3/c1-13-6-8-16(14(2)10-13)20(23)22-18-12-21(3,4)25-19-9-7-15(24-5)11-17(18)19/h6-11,18H,12H2,1-5H3,(H,22,23). The maximum Gasteiger partial charge on any atom is 0.252 e. The van der Waals surface area contributed by atoms with Gasteiger partial charge in [0.05, 0.1) is 13.2 Å². The molecule has 0 saturated heterocycles. The van der Waals surface area contributed by atoms with Crippen LogP contribution in [0.4, 0.5) is 0 Å². The molecule has 0 spiro atoms. The Morgan fingerprint density at radius 1 is 1.20 bits per heavy atom. The number of fused-ring (bicyclic) bond motifs is 1. The number of benzene rings is 2. The Kier molecular flexibility index (Phi) is 4.46. The molecule has 2 aromatic rings. The van der Waals surface area contributed by atoms with E-state index in [1.54, 1.807) is 7.11 Å². The molecule has 0 radical (unpaired) electrons. The summed E-state index contributed by atoms with van der Waals surface area (Å²) in [5.41, 5.74) is 3.45. The van der Waals surface area contributed by atoms with Crippen LogP contribution in [0.2, 0.25) is 0 Å². The van der Waals surface area contributed by atoms with Crippen LogP contribution in [0.3, 0.4) is 0 Å². The summed E-state index contributed by atoms with van der Waals surface area (Å²) in [6, 6.07) is 11.5. The van der Waals surface area contributed by atoms with Gasteiger partial charge in [0.1, 0.15) is 17.1 Å². The first kappa shape index (κ1) is 17.3. The van der Waals surface area contributed by atoms with Crippen LogP contribution < -0.4 is 14.8 Å². The highest BCUT2D eigenvalue weighted by Crippen LogP contribution is 2.41. The average Bonchev–Trinajstić information content (AvgIpc) is 2.53. The van der Waals surface area contributed by atoms with Crippen molar-refractivity contribution in [1.29, 1.82) is 0 Å². The summed E-state index contributed by atoms with van der Waals surface area (Å²) in [6.45, 7) is 8.07. The van der Waals surface area contributed by atoms with E-state index in [4.69, 9.17) is 9.47 Å². The summed E-state index contributed by atoms with van der Waals surface area (Å²) in [6.07, 6.45) is 0.698. The van der Waals surface area contributed by atoms with Crippen molar-refractivity contribution in [3.63, 3.8) is 0 Å². The summed E-state index contributed by atoms with van der Waals surface area (Å²) in [4.78, 5) is 12.8. The monoisotopic (exact) mass is 339 g/mol. The summed E-state index contributed by atoms with van der Waals surface area (Å²) in [7, 11) is 1.64. The highest BCUT2D eigenvalue weighted by Gasteiger charge is 2.35. The number of nitrogens with one attached hydrogen (secondary N) is 1. The van der Waals surface area contributed by atoms with Gasteiger partial charge >= 0.3 is 0 Å². The fourth-order valence-electron chi connectivity index (χ4n) is 3.39. The summed E-state index contributed by atoms with van der Waals surface area (Å²) in [5.74, 6) is 1.49. The molecule has 1 unspecified atom stereocenters. The predicted molar refractivity (Wildman–Crippen MR) is 98.4 cm³/mol. The Bertz CT molecular complexity index is 811. The van der Waals surface area contributed by atoms with Crippen LogP contribution >= 0.6 is 0 Å². The summed E-state index contributed by atoms with van der Waals surface area (Å²) in [5, 5.41) is 3.18. The van der Waals surface area contributed by atoms with E-state index in [9.17, 15) is 4.79 Å². The van der Waals surface area contributed by atoms with Gasteiger partial charge in [-0.3, -0.25) is 4.79 Å². The van der Waals surface area contributed by atoms with Gasteiger partial charge < -0.3 is 14.8 Å². The first-order valence-electron chi connectivity index (χ1n) is 8.54. The molecule has 0 aliphatic carbocycles. The van der Waals surface area contributed by atoms with Crippen molar-refractivity contribution < 1.29 is 14.3 Å². The molecule has 132 valence electrons. The minimum Gasteiger partial charge on any atom is -0.497 e. The number of hydrogen-bond acceptors (Lipinski definition) is 3. The van der Waals surface area contributed by atoms with Gasteiger partial charge in [0.2, 0.25) is 0 Å². The van der Waals surface area contributed by atoms with E-state index in [1.807, 2.05) is 64.1 Å². The molecular weight excluding hydrogens is 314 g/mol. The van der Waals surface area contributed by atoms with Gasteiger partial charge in [-0.15, -0.1) is 0 Å². The number of hydrogen-bond donors (Lipinski definition) is 1. The van der Waals surface area contributed by atoms with E-state index in [2.05, 4.69) is 5.32 Å². The van der Waals surface area contributed by atoms with Crippen molar-refractivity contribution in [1.82, 2.24) is 5.32 Å². The Morgan fingerprint density at radius 3 is 2.64 bits per heavy atom. The molecule has 1 N–H and O–H groups in total. The molecule has 4 nitrogen and oxygen atoms in total. The second kappa shape index (κ2) is 6.43. The minimum absolute atomic E-state index is 0.0611. The summed E-state index contributed by atoms with van der Waals surface area (Å²) >= 11 is 0. The van der Waals surface area contributed by atoms with Crippen LogP contribution in [0.1, 0.15) is 53.4 Å². The van der Waals surface area contributed by atoms with Crippen molar-refractivity contribution >= 4 is 5.91 Å². The zero-order valence-corrected chi connectivity index (χ0v) is 15.5. The van der Waals surface area contributed by atoms with Gasteiger partial charge in [-0.1, -0.05) is 17.7 Å². The number of ether oxygens (including phenoxy) is 2. The zero-order valence-electron chi connectivity index (χ0n) is 15.5. The Balaban J connectivity index is 1.92. The molecule has 1 aliphatic heterocycles. The van der Waals surface area contributed by atoms with Gasteiger partial charge in [-0.25, -0.2) is 0 Å². The van der Waals surface area contributed by atoms with Crippen molar-refractivity contribution in [2.24, 2.45) is 0 Å². The van der Waals surface area contributed by atoms with Gasteiger partial charge in [-0.05, 0) is 57.5 Å². The molecule has 0 saturated carbocycles. The van der Waals surface area contributed by atoms with Crippen LogP contribution in [0, 0.1) is 13.8 Å². The smallest absolute Gasteiger partial charge is 0.252 e. The van der Waals surface area contributed by atoms with Crippen LogP contribution in [-0.2, 0) is 0 Å². The number of carbonyl (C=O) groups is 1. The zero-order chi connectivity index (χ0) is 18.2. The Labute approximate surface area is 149 Å². The number of rotatable bonds is 3. The van der Waals surface area contributed by atoms with Gasteiger partial charge in [-0.2, -0.15) is 0 Å². The fraction of sp³-hybridized carbons (Fsp3) is 0.381. The van der Waals surface area contributed by atoms with E-state index in [1.165, 1.54) is 0 Å². The van der Waals surface area contributed by atoms with E-state index >= 15 is 0 Å². The molecule has 25 heavy (non-hydrogen) atoms. The molecule has 0 fully saturated rings. The predicted octanol–water partition coefficient (Wildman–Crippen LogP) is 4.34. The SMILES string of the molecule is COc1ccc2c(c1)C(NC(=O)c1ccc(C)cc1C)CC(C)(C)O2. The molecule has 2 aromatic carbocycles. The van der Waals surface area contributed by atoms with Gasteiger partial charge in [0.15, 0.2) is 0 Å². The Hall–Kier alpha value is -2.49. The largest absolute Gasteiger partial charge is 0.497 e. The second-order valence-electron chi connectivity index (χ2n) is 7.31. The third-order valence-electron chi connectivity index (χ3n) is 4.61. The molecule has 0 aromatic heterocycles. The molecule has 1 aliphatic rings. The van der Waals surface area contributed by atoms with E-state index in [-0.39, 0.29) is 17.6 Å². The summed E-state index contributed by atoms with van der Waals surface area (Å²) < 4.78 is 11.4. The second-order valence-corrected chi connectivity index (χ2v) is 7.31. The number of aryl methyl sites for hydroxylation is 2. The molecule has 0 bridgehead atoms. The van der Waals surface area contributed by atoms with E-state index < -0.39 is 0 Å². The molecular formula is C21H25NO3. The minimum atomic E-state index is -0.345. The average molecular weight is 339 g/mol. The van der Waals surface area contributed by atoms with E-state index in [0.717, 1.165) is 28.2 Å². The van der Waals surface area contributed by atoms with Crippen LogP contribution in [0.25, 0.3) is 0 Å². The third-order valence-corrected chi connectivity index (χ3v) is 4.61. The van der Waals surface area contributed by atoms with Crippen molar-refractivity contribution in [2.75, 3.05) is 7.11 Å². The lowest BCUT2D eigenvalue weighted by Crippen LogP contribution is -2.41. The first-order valence-corrected chi connectivity index (χ1v) is 8.54. The lowest BCUT2D eigenvalue weighted by Gasteiger charge is -2.38. The van der Waals surface area contributed by atoms with E-state index in [0.29, 0.717) is 12.0 Å². The highest BCUT2D eigenvalue weighted by molar-refractivity contribution is 5.96. The molecule has 1 atom stereocenters. The quantitative estimate of drug-likeness (QED) is 0.904. The Morgan fingerprint density at radius 2 is 1.96 bits per heavy atom. The number of carbonyl (C=O) groups excluding carboxylic acids is 1. The normalized spacial score (nSPS) is 18.0. The lowest BCUT2D eigenvalue weighted by atomic mass is 9.89. The molecule has 1 heterocycles.